The van der Waals surface area contributed by atoms with Gasteiger partial charge in [-0.15, -0.1) is 0 Å². The van der Waals surface area contributed by atoms with Gasteiger partial charge in [0.2, 0.25) is 0 Å². The van der Waals surface area contributed by atoms with Gasteiger partial charge in [-0.3, -0.25) is 0 Å². The molecule has 1 atom stereocenters. The van der Waals surface area contributed by atoms with Gasteiger partial charge >= 0.3 is 0 Å². The first-order valence-electron chi connectivity index (χ1n) is 5.64. The maximum absolute atomic E-state index is 6.05. The van der Waals surface area contributed by atoms with E-state index in [0.29, 0.717) is 11.1 Å². The summed E-state index contributed by atoms with van der Waals surface area (Å²) in [6.45, 7) is 2.22. The van der Waals surface area contributed by atoms with Gasteiger partial charge in [0, 0.05) is 12.2 Å². The predicted molar refractivity (Wildman–Crippen MR) is 64.3 cm³/mol. The molecular weight excluding hydrogens is 208 g/mol. The van der Waals surface area contributed by atoms with Crippen LogP contribution >= 0.6 is 11.6 Å². The third-order valence-corrected chi connectivity index (χ3v) is 3.53. The van der Waals surface area contributed by atoms with Crippen molar-refractivity contribution in [3.8, 4) is 0 Å². The van der Waals surface area contributed by atoms with Crippen molar-refractivity contribution >= 4 is 17.4 Å². The molecule has 82 valence electrons. The van der Waals surface area contributed by atoms with Crippen molar-refractivity contribution in [3.63, 3.8) is 0 Å². The minimum Gasteiger partial charge on any atom is -0.366 e. The average Bonchev–Trinajstić information content (AvgIpc) is 2.74. The van der Waals surface area contributed by atoms with Crippen molar-refractivity contribution in [1.29, 1.82) is 0 Å². The SMILES string of the molecule is CC(Nc1ncccc1Cl)C1CCCC1. The summed E-state index contributed by atoms with van der Waals surface area (Å²) in [7, 11) is 0. The van der Waals surface area contributed by atoms with E-state index in [2.05, 4.69) is 17.2 Å². The number of aromatic nitrogens is 1. The summed E-state index contributed by atoms with van der Waals surface area (Å²) in [5, 5.41) is 4.12. The van der Waals surface area contributed by atoms with Gasteiger partial charge < -0.3 is 5.32 Å². The van der Waals surface area contributed by atoms with E-state index in [0.717, 1.165) is 11.7 Å². The molecule has 1 unspecified atom stereocenters. The Balaban J connectivity index is 1.99. The smallest absolute Gasteiger partial charge is 0.144 e. The van der Waals surface area contributed by atoms with Crippen LogP contribution in [0.5, 0.6) is 0 Å². The molecule has 0 spiro atoms. The van der Waals surface area contributed by atoms with Gasteiger partial charge in [-0.1, -0.05) is 24.4 Å². The van der Waals surface area contributed by atoms with Crippen LogP contribution in [-0.4, -0.2) is 11.0 Å². The molecular formula is C12H17ClN2. The third-order valence-electron chi connectivity index (χ3n) is 3.23. The standard InChI is InChI=1S/C12H17ClN2/c1-9(10-5-2-3-6-10)15-12-11(13)7-4-8-14-12/h4,7-10H,2-3,5-6H2,1H3,(H,14,15). The van der Waals surface area contributed by atoms with Gasteiger partial charge in [0.15, 0.2) is 0 Å². The van der Waals surface area contributed by atoms with E-state index in [1.54, 1.807) is 6.20 Å². The Labute approximate surface area is 96.1 Å². The van der Waals surface area contributed by atoms with Crippen LogP contribution in [0.15, 0.2) is 18.3 Å². The minimum atomic E-state index is 0.472. The third kappa shape index (κ3) is 2.63. The molecule has 1 heterocycles. The lowest BCUT2D eigenvalue weighted by Crippen LogP contribution is -2.24. The molecule has 1 aromatic rings. The molecule has 1 fully saturated rings. The summed E-state index contributed by atoms with van der Waals surface area (Å²) in [4.78, 5) is 4.25. The van der Waals surface area contributed by atoms with E-state index in [9.17, 15) is 0 Å². The van der Waals surface area contributed by atoms with Crippen LogP contribution in [0.2, 0.25) is 5.02 Å². The van der Waals surface area contributed by atoms with Crippen LogP contribution in [0.3, 0.4) is 0 Å². The maximum atomic E-state index is 6.05. The number of hydrogen-bond donors (Lipinski definition) is 1. The topological polar surface area (TPSA) is 24.9 Å². The zero-order valence-corrected chi connectivity index (χ0v) is 9.80. The van der Waals surface area contributed by atoms with Gasteiger partial charge in [0.25, 0.3) is 0 Å². The molecule has 1 saturated carbocycles. The van der Waals surface area contributed by atoms with E-state index in [4.69, 9.17) is 11.6 Å². The maximum Gasteiger partial charge on any atom is 0.144 e. The molecule has 2 rings (SSSR count). The molecule has 1 aromatic heterocycles. The Morgan fingerprint density at radius 3 is 2.87 bits per heavy atom. The quantitative estimate of drug-likeness (QED) is 0.847. The van der Waals surface area contributed by atoms with E-state index in [-0.39, 0.29) is 0 Å². The molecule has 0 bridgehead atoms. The van der Waals surface area contributed by atoms with Crippen LogP contribution in [-0.2, 0) is 0 Å². The van der Waals surface area contributed by atoms with Crippen molar-refractivity contribution in [2.75, 3.05) is 5.32 Å². The Bertz CT molecular complexity index is 321. The van der Waals surface area contributed by atoms with E-state index >= 15 is 0 Å². The number of nitrogens with one attached hydrogen (secondary N) is 1. The summed E-state index contributed by atoms with van der Waals surface area (Å²) in [5.41, 5.74) is 0. The summed E-state index contributed by atoms with van der Waals surface area (Å²) in [6.07, 6.45) is 7.17. The fraction of sp³-hybridized carbons (Fsp3) is 0.583. The highest BCUT2D eigenvalue weighted by Crippen LogP contribution is 2.30. The zero-order chi connectivity index (χ0) is 10.7. The van der Waals surface area contributed by atoms with Crippen molar-refractivity contribution in [3.05, 3.63) is 23.4 Å². The second-order valence-electron chi connectivity index (χ2n) is 4.31. The largest absolute Gasteiger partial charge is 0.366 e. The van der Waals surface area contributed by atoms with Crippen LogP contribution in [0.1, 0.15) is 32.6 Å². The van der Waals surface area contributed by atoms with Crippen molar-refractivity contribution < 1.29 is 0 Å². The molecule has 0 radical (unpaired) electrons. The highest BCUT2D eigenvalue weighted by Gasteiger charge is 2.21. The highest BCUT2D eigenvalue weighted by molar-refractivity contribution is 6.32. The molecule has 0 aromatic carbocycles. The van der Waals surface area contributed by atoms with Crippen LogP contribution in [0.25, 0.3) is 0 Å². The number of nitrogens with zero attached hydrogens (tertiary/aromatic N) is 1. The summed E-state index contributed by atoms with van der Waals surface area (Å²) in [6, 6.07) is 4.20. The molecule has 1 N–H and O–H groups in total. The first kappa shape index (κ1) is 10.7. The van der Waals surface area contributed by atoms with Crippen LogP contribution in [0, 0.1) is 5.92 Å². The lowest BCUT2D eigenvalue weighted by atomic mass is 10.00. The molecule has 15 heavy (non-hydrogen) atoms. The monoisotopic (exact) mass is 224 g/mol. The molecule has 2 nitrogen and oxygen atoms in total. The van der Waals surface area contributed by atoms with Crippen molar-refractivity contribution in [2.45, 2.75) is 38.6 Å². The van der Waals surface area contributed by atoms with E-state index in [1.165, 1.54) is 25.7 Å². The molecule has 1 aliphatic rings. The lowest BCUT2D eigenvalue weighted by molar-refractivity contribution is 0.481. The average molecular weight is 225 g/mol. The molecule has 0 aliphatic heterocycles. The molecule has 0 saturated heterocycles. The first-order chi connectivity index (χ1) is 7.27. The normalized spacial score (nSPS) is 19.1. The number of rotatable bonds is 3. The van der Waals surface area contributed by atoms with E-state index in [1.807, 2.05) is 12.1 Å². The zero-order valence-electron chi connectivity index (χ0n) is 9.04. The number of anilines is 1. The van der Waals surface area contributed by atoms with Crippen molar-refractivity contribution in [1.82, 2.24) is 4.98 Å². The second kappa shape index (κ2) is 4.84. The Morgan fingerprint density at radius 2 is 2.20 bits per heavy atom. The molecule has 0 amide bonds. The molecule has 1 aliphatic carbocycles. The fourth-order valence-electron chi connectivity index (χ4n) is 2.28. The number of pyridine rings is 1. The summed E-state index contributed by atoms with van der Waals surface area (Å²) in [5.74, 6) is 1.60. The minimum absolute atomic E-state index is 0.472. The second-order valence-corrected chi connectivity index (χ2v) is 4.72. The highest BCUT2D eigenvalue weighted by atomic mass is 35.5. The van der Waals surface area contributed by atoms with Crippen molar-refractivity contribution in [2.24, 2.45) is 5.92 Å². The first-order valence-corrected chi connectivity index (χ1v) is 6.02. The predicted octanol–water partition coefficient (Wildman–Crippen LogP) is 3.73. The van der Waals surface area contributed by atoms with Crippen LogP contribution in [0.4, 0.5) is 5.82 Å². The van der Waals surface area contributed by atoms with E-state index < -0.39 is 0 Å². The molecule has 3 heteroatoms. The lowest BCUT2D eigenvalue weighted by Gasteiger charge is -2.21. The Morgan fingerprint density at radius 1 is 1.47 bits per heavy atom. The van der Waals surface area contributed by atoms with Gasteiger partial charge in [-0.2, -0.15) is 0 Å². The fourth-order valence-corrected chi connectivity index (χ4v) is 2.46. The summed E-state index contributed by atoms with van der Waals surface area (Å²) >= 11 is 6.05. The summed E-state index contributed by atoms with van der Waals surface area (Å²) < 4.78 is 0. The van der Waals surface area contributed by atoms with Crippen LogP contribution < -0.4 is 5.32 Å². The Kier molecular flexibility index (Phi) is 3.47. The van der Waals surface area contributed by atoms with Gasteiger partial charge in [-0.05, 0) is 37.8 Å². The van der Waals surface area contributed by atoms with Gasteiger partial charge in [0.05, 0.1) is 5.02 Å². The number of hydrogen-bond acceptors (Lipinski definition) is 2. The van der Waals surface area contributed by atoms with Gasteiger partial charge in [-0.25, -0.2) is 4.98 Å². The Hall–Kier alpha value is -0.760. The van der Waals surface area contributed by atoms with Gasteiger partial charge in [0.1, 0.15) is 5.82 Å². The number of halogens is 1.